The monoisotopic (exact) mass is 630 g/mol. The molecule has 5 atom stereocenters. The largest absolute Gasteiger partial charge is 0.460 e. The fourth-order valence-corrected chi connectivity index (χ4v) is 6.66. The molecular weight excluding hydrogens is 599 g/mol. The molecular formula is C28H32ClN6O7P. The fourth-order valence-electron chi connectivity index (χ4n) is 4.61. The quantitative estimate of drug-likeness (QED) is 0.115. The van der Waals surface area contributed by atoms with Gasteiger partial charge in [0.15, 0.2) is 11.5 Å². The van der Waals surface area contributed by atoms with Gasteiger partial charge in [-0.25, -0.2) is 9.55 Å². The van der Waals surface area contributed by atoms with E-state index < -0.39 is 44.8 Å². The fraction of sp³-hybridized carbons (Fsp3) is 0.357. The minimum Gasteiger partial charge on any atom is -0.460 e. The number of aromatic nitrogens is 4. The van der Waals surface area contributed by atoms with E-state index in [-0.39, 0.29) is 35.8 Å². The molecule has 0 amide bonds. The van der Waals surface area contributed by atoms with Gasteiger partial charge in [-0.2, -0.15) is 15.1 Å². The number of carbonyl (C=O) groups excluding carboxylic acids is 1. The summed E-state index contributed by atoms with van der Waals surface area (Å²) in [5.41, 5.74) is 7.39. The molecule has 2 aromatic heterocycles. The van der Waals surface area contributed by atoms with E-state index in [1.165, 1.54) is 6.33 Å². The number of rotatable bonds is 12. The summed E-state index contributed by atoms with van der Waals surface area (Å²) in [6, 6.07) is 16.6. The van der Waals surface area contributed by atoms with Gasteiger partial charge in [-0.3, -0.25) is 13.9 Å². The van der Waals surface area contributed by atoms with Crippen molar-refractivity contribution in [3.8, 4) is 5.75 Å². The molecule has 1 aliphatic heterocycles. The van der Waals surface area contributed by atoms with Crippen molar-refractivity contribution in [3.63, 3.8) is 0 Å². The zero-order valence-electron chi connectivity index (χ0n) is 23.4. The SMILES string of the molecule is CC(C)C(NP(=O)(Oc1ccccc1)O[C@@H]1C[C@H](n2cnc3c(N)nc(Cl)nc32)OC1CO)C(=O)OCc1ccccc1. The number of carbonyl (C=O) groups is 1. The van der Waals surface area contributed by atoms with Crippen molar-refractivity contribution >= 4 is 42.3 Å². The Balaban J connectivity index is 1.39. The Bertz CT molecular complexity index is 1590. The van der Waals surface area contributed by atoms with Gasteiger partial charge in [0.05, 0.1) is 12.9 Å². The molecule has 1 fully saturated rings. The normalized spacial score (nSPS) is 20.6. The maximum Gasteiger partial charge on any atom is 0.459 e. The molecule has 3 heterocycles. The molecule has 0 aliphatic carbocycles. The number of fused-ring (bicyclic) bond motifs is 1. The molecule has 0 radical (unpaired) electrons. The second kappa shape index (κ2) is 13.4. The molecule has 0 spiro atoms. The average molecular weight is 631 g/mol. The van der Waals surface area contributed by atoms with Gasteiger partial charge in [-0.05, 0) is 35.2 Å². The van der Waals surface area contributed by atoms with Crippen LogP contribution in [0.15, 0.2) is 67.0 Å². The lowest BCUT2D eigenvalue weighted by Gasteiger charge is -2.29. The highest BCUT2D eigenvalue weighted by atomic mass is 35.5. The molecule has 4 N–H and O–H groups in total. The topological polar surface area (TPSA) is 173 Å². The van der Waals surface area contributed by atoms with Crippen molar-refractivity contribution in [3.05, 3.63) is 77.8 Å². The van der Waals surface area contributed by atoms with Gasteiger partial charge in [-0.1, -0.05) is 62.4 Å². The number of halogens is 1. The third-order valence-electron chi connectivity index (χ3n) is 6.78. The van der Waals surface area contributed by atoms with Crippen LogP contribution < -0.4 is 15.3 Å². The summed E-state index contributed by atoms with van der Waals surface area (Å²) in [5, 5.41) is 12.9. The molecule has 1 saturated heterocycles. The van der Waals surface area contributed by atoms with Crippen LogP contribution in [0.3, 0.4) is 0 Å². The molecule has 228 valence electrons. The first kappa shape index (κ1) is 30.9. The number of para-hydroxylation sites is 1. The molecule has 4 aromatic rings. The van der Waals surface area contributed by atoms with Crippen molar-refractivity contribution < 1.29 is 33.0 Å². The predicted octanol–water partition coefficient (Wildman–Crippen LogP) is 4.27. The zero-order valence-corrected chi connectivity index (χ0v) is 25.1. The standard InChI is InChI=1S/C28H32ClN6O7P/c1-17(2)23(27(37)39-15-18-9-5-3-6-10-18)34-43(38,41-19-11-7-4-8-12-19)42-20-13-22(40-21(20)14-36)35-16-31-24-25(30)32-28(29)33-26(24)35/h3-12,16-17,20-23,36H,13-15H2,1-2H3,(H,34,38)(H2,30,32,33)/t20-,21?,22-,23?,43?/m1/s1. The number of nitrogens with zero attached hydrogens (tertiary/aromatic N) is 4. The summed E-state index contributed by atoms with van der Waals surface area (Å²) in [5.74, 6) is -0.635. The van der Waals surface area contributed by atoms with Gasteiger partial charge in [-0.15, -0.1) is 0 Å². The van der Waals surface area contributed by atoms with Crippen LogP contribution in [0.5, 0.6) is 5.75 Å². The molecule has 0 bridgehead atoms. The molecule has 3 unspecified atom stereocenters. The first-order valence-corrected chi connectivity index (χ1v) is 15.5. The highest BCUT2D eigenvalue weighted by Crippen LogP contribution is 2.50. The van der Waals surface area contributed by atoms with E-state index in [1.807, 2.05) is 30.3 Å². The minimum absolute atomic E-state index is 0.0386. The van der Waals surface area contributed by atoms with Gasteiger partial charge < -0.3 is 24.8 Å². The Morgan fingerprint density at radius 3 is 2.56 bits per heavy atom. The van der Waals surface area contributed by atoms with Gasteiger partial charge in [0, 0.05) is 6.42 Å². The predicted molar refractivity (Wildman–Crippen MR) is 158 cm³/mol. The number of hydrogen-bond acceptors (Lipinski definition) is 11. The summed E-state index contributed by atoms with van der Waals surface area (Å²) in [6.45, 7) is 3.14. The van der Waals surface area contributed by atoms with E-state index >= 15 is 0 Å². The van der Waals surface area contributed by atoms with Crippen molar-refractivity contribution in [2.45, 2.75) is 51.4 Å². The molecule has 5 rings (SSSR count). The van der Waals surface area contributed by atoms with Crippen LogP contribution in [0.2, 0.25) is 5.28 Å². The maximum atomic E-state index is 14.4. The number of hydrogen-bond donors (Lipinski definition) is 3. The number of imidazole rings is 1. The number of aliphatic hydroxyl groups excluding tert-OH is 1. The van der Waals surface area contributed by atoms with Gasteiger partial charge in [0.2, 0.25) is 5.28 Å². The third-order valence-corrected chi connectivity index (χ3v) is 8.54. The molecule has 1 aliphatic rings. The molecule has 15 heteroatoms. The van der Waals surface area contributed by atoms with Crippen LogP contribution in [0.4, 0.5) is 5.82 Å². The van der Waals surface area contributed by atoms with E-state index in [1.54, 1.807) is 48.7 Å². The van der Waals surface area contributed by atoms with Gasteiger partial charge >= 0.3 is 13.7 Å². The van der Waals surface area contributed by atoms with Crippen LogP contribution in [0, 0.1) is 5.92 Å². The Hall–Kier alpha value is -3.58. The number of anilines is 1. The lowest BCUT2D eigenvalue weighted by Crippen LogP contribution is -2.42. The second-order valence-corrected chi connectivity index (χ2v) is 12.2. The molecule has 13 nitrogen and oxygen atoms in total. The number of benzene rings is 2. The number of aliphatic hydroxyl groups is 1. The molecule has 2 aromatic carbocycles. The van der Waals surface area contributed by atoms with Crippen LogP contribution in [0.1, 0.15) is 32.1 Å². The molecule has 43 heavy (non-hydrogen) atoms. The number of esters is 1. The first-order chi connectivity index (χ1) is 20.7. The van der Waals surface area contributed by atoms with Gasteiger partial charge in [0.25, 0.3) is 0 Å². The highest BCUT2D eigenvalue weighted by Gasteiger charge is 2.45. The smallest absolute Gasteiger partial charge is 0.459 e. The Kier molecular flexibility index (Phi) is 9.60. The number of nitrogens with two attached hydrogens (primary N) is 1. The minimum atomic E-state index is -4.30. The molecule has 0 saturated carbocycles. The van der Waals surface area contributed by atoms with Crippen LogP contribution in [0.25, 0.3) is 11.2 Å². The summed E-state index contributed by atoms with van der Waals surface area (Å²) >= 11 is 6.02. The Labute approximate surface area is 252 Å². The summed E-state index contributed by atoms with van der Waals surface area (Å²) in [7, 11) is -4.30. The van der Waals surface area contributed by atoms with Crippen molar-refractivity contribution in [1.29, 1.82) is 0 Å². The van der Waals surface area contributed by atoms with Crippen LogP contribution in [-0.4, -0.2) is 55.5 Å². The lowest BCUT2D eigenvalue weighted by molar-refractivity contribution is -0.148. The maximum absolute atomic E-state index is 14.4. The zero-order chi connectivity index (χ0) is 30.6. The van der Waals surface area contributed by atoms with E-state index in [2.05, 4.69) is 20.0 Å². The summed E-state index contributed by atoms with van der Waals surface area (Å²) < 4.78 is 39.6. The summed E-state index contributed by atoms with van der Waals surface area (Å²) in [4.78, 5) is 25.6. The lowest BCUT2D eigenvalue weighted by atomic mass is 10.1. The van der Waals surface area contributed by atoms with E-state index in [4.69, 9.17) is 35.9 Å². The Morgan fingerprint density at radius 1 is 1.19 bits per heavy atom. The van der Waals surface area contributed by atoms with E-state index in [0.29, 0.717) is 11.2 Å². The third kappa shape index (κ3) is 7.32. The number of nitrogens with one attached hydrogen (secondary N) is 1. The number of nitrogen functional groups attached to an aromatic ring is 1. The van der Waals surface area contributed by atoms with Crippen LogP contribution in [-0.2, 0) is 30.0 Å². The highest BCUT2D eigenvalue weighted by molar-refractivity contribution is 7.52. The van der Waals surface area contributed by atoms with E-state index in [9.17, 15) is 14.5 Å². The van der Waals surface area contributed by atoms with Crippen molar-refractivity contribution in [2.75, 3.05) is 12.3 Å². The average Bonchev–Trinajstić information content (AvgIpc) is 3.59. The van der Waals surface area contributed by atoms with Crippen molar-refractivity contribution in [1.82, 2.24) is 24.6 Å². The first-order valence-electron chi connectivity index (χ1n) is 13.6. The second-order valence-electron chi connectivity index (χ2n) is 10.2. The van der Waals surface area contributed by atoms with Crippen LogP contribution >= 0.6 is 19.3 Å². The summed E-state index contributed by atoms with van der Waals surface area (Å²) in [6.07, 6.45) is -0.998. The van der Waals surface area contributed by atoms with E-state index in [0.717, 1.165) is 5.56 Å². The van der Waals surface area contributed by atoms with Crippen molar-refractivity contribution in [2.24, 2.45) is 5.92 Å². The Morgan fingerprint density at radius 2 is 1.88 bits per heavy atom. The number of ether oxygens (including phenoxy) is 2. The van der Waals surface area contributed by atoms with Gasteiger partial charge in [0.1, 0.15) is 42.4 Å².